The van der Waals surface area contributed by atoms with Crippen LogP contribution in [0.2, 0.25) is 0 Å². The molecule has 0 aromatic carbocycles. The molecule has 5 nitrogen and oxygen atoms in total. The second-order valence-corrected chi connectivity index (χ2v) is 7.97. The number of nitrogens with zero attached hydrogens (tertiary/aromatic N) is 3. The largest absolute Gasteiger partial charge is 0.481 e. The van der Waals surface area contributed by atoms with Crippen LogP contribution in [0, 0.1) is 11.8 Å². The molecule has 2 heterocycles. The topological polar surface area (TPSA) is 48.3 Å². The summed E-state index contributed by atoms with van der Waals surface area (Å²) in [7, 11) is 0. The van der Waals surface area contributed by atoms with Gasteiger partial charge in [0.05, 0.1) is 6.61 Å². The van der Waals surface area contributed by atoms with Crippen molar-refractivity contribution in [3.8, 4) is 0 Å². The van der Waals surface area contributed by atoms with E-state index in [9.17, 15) is 5.11 Å². The van der Waals surface area contributed by atoms with Crippen molar-refractivity contribution in [2.24, 2.45) is 16.8 Å². The lowest BCUT2D eigenvalue weighted by molar-refractivity contribution is -0.0893. The minimum absolute atomic E-state index is 0.265. The molecule has 2 aliphatic heterocycles. The van der Waals surface area contributed by atoms with Gasteiger partial charge in [-0.2, -0.15) is 0 Å². The van der Waals surface area contributed by atoms with Crippen molar-refractivity contribution >= 4 is 5.90 Å². The average molecular weight is 350 g/mol. The molecule has 1 saturated heterocycles. The summed E-state index contributed by atoms with van der Waals surface area (Å²) in [4.78, 5) is 9.32. The van der Waals surface area contributed by atoms with Gasteiger partial charge in [-0.25, -0.2) is 4.99 Å². The highest BCUT2D eigenvalue weighted by Gasteiger charge is 2.34. The summed E-state index contributed by atoms with van der Waals surface area (Å²) in [6.45, 7) is 10.0. The van der Waals surface area contributed by atoms with Crippen LogP contribution in [0.1, 0.15) is 59.3 Å². The first-order valence-corrected chi connectivity index (χ1v) is 10.2. The Bertz CT molecular complexity index is 499. The zero-order chi connectivity index (χ0) is 17.8. The zero-order valence-electron chi connectivity index (χ0n) is 16.2. The summed E-state index contributed by atoms with van der Waals surface area (Å²) < 4.78 is 5.61. The molecule has 0 amide bonds. The fourth-order valence-electron chi connectivity index (χ4n) is 4.59. The standard InChI is InChI=1S/C20H35N3O2/c1-4-25-19-15(2)12-18(13-21-19)22-10-11-23(16(3)14-22)20(24)17-8-6-5-7-9-17/h13,15-17,20,24H,4-12,14H2,1-3H3/t15?,16-,20?/m1/s1. The third-order valence-corrected chi connectivity index (χ3v) is 6.07. The van der Waals surface area contributed by atoms with Crippen LogP contribution in [-0.2, 0) is 4.74 Å². The molecule has 2 unspecified atom stereocenters. The Morgan fingerprint density at radius 1 is 1.24 bits per heavy atom. The van der Waals surface area contributed by atoms with Crippen LogP contribution >= 0.6 is 0 Å². The number of hydrogen-bond donors (Lipinski definition) is 1. The molecule has 0 bridgehead atoms. The van der Waals surface area contributed by atoms with Crippen LogP contribution in [0.25, 0.3) is 0 Å². The Morgan fingerprint density at radius 3 is 2.64 bits per heavy atom. The molecule has 3 atom stereocenters. The molecule has 3 rings (SSSR count). The van der Waals surface area contributed by atoms with Crippen molar-refractivity contribution in [3.05, 3.63) is 11.9 Å². The van der Waals surface area contributed by atoms with Crippen LogP contribution in [0.4, 0.5) is 0 Å². The van der Waals surface area contributed by atoms with Gasteiger partial charge >= 0.3 is 0 Å². The predicted molar refractivity (Wildman–Crippen MR) is 101 cm³/mol. The van der Waals surface area contributed by atoms with Crippen molar-refractivity contribution in [2.75, 3.05) is 26.2 Å². The van der Waals surface area contributed by atoms with Crippen LogP contribution in [-0.4, -0.2) is 59.3 Å². The van der Waals surface area contributed by atoms with E-state index >= 15 is 0 Å². The minimum Gasteiger partial charge on any atom is -0.481 e. The van der Waals surface area contributed by atoms with E-state index in [1.807, 2.05) is 13.1 Å². The quantitative estimate of drug-likeness (QED) is 0.847. The highest BCUT2D eigenvalue weighted by Crippen LogP contribution is 2.31. The summed E-state index contributed by atoms with van der Waals surface area (Å²) in [5.41, 5.74) is 1.31. The van der Waals surface area contributed by atoms with Gasteiger partial charge in [0.25, 0.3) is 0 Å². The van der Waals surface area contributed by atoms with Gasteiger partial charge in [-0.3, -0.25) is 4.90 Å². The minimum atomic E-state index is -0.265. The molecule has 2 fully saturated rings. The Labute approximate surface area is 152 Å². The van der Waals surface area contributed by atoms with Gasteiger partial charge in [0.2, 0.25) is 0 Å². The van der Waals surface area contributed by atoms with E-state index in [2.05, 4.69) is 28.6 Å². The van der Waals surface area contributed by atoms with E-state index in [1.54, 1.807) is 0 Å². The maximum atomic E-state index is 10.9. The molecule has 0 aromatic rings. The molecule has 3 aliphatic rings. The predicted octanol–water partition coefficient (Wildman–Crippen LogP) is 3.21. The van der Waals surface area contributed by atoms with Gasteiger partial charge in [-0.05, 0) is 32.6 Å². The number of allylic oxidation sites excluding steroid dienone is 1. The first-order valence-electron chi connectivity index (χ1n) is 10.2. The molecule has 0 spiro atoms. The Morgan fingerprint density at radius 2 is 2.00 bits per heavy atom. The van der Waals surface area contributed by atoms with Crippen LogP contribution in [0.15, 0.2) is 16.9 Å². The van der Waals surface area contributed by atoms with Gasteiger partial charge in [0.1, 0.15) is 6.23 Å². The van der Waals surface area contributed by atoms with E-state index < -0.39 is 0 Å². The molecule has 5 heteroatoms. The Balaban J connectivity index is 1.58. The average Bonchev–Trinajstić information content (AvgIpc) is 2.63. The normalized spacial score (nSPS) is 30.6. The molecule has 1 N–H and O–H groups in total. The highest BCUT2D eigenvalue weighted by atomic mass is 16.5. The van der Waals surface area contributed by atoms with Crippen molar-refractivity contribution in [1.82, 2.24) is 9.80 Å². The summed E-state index contributed by atoms with van der Waals surface area (Å²) in [5.74, 6) is 1.68. The maximum Gasteiger partial charge on any atom is 0.191 e. The van der Waals surface area contributed by atoms with E-state index in [4.69, 9.17) is 4.74 Å². The summed E-state index contributed by atoms with van der Waals surface area (Å²) >= 11 is 0. The van der Waals surface area contributed by atoms with Gasteiger partial charge in [0, 0.05) is 49.9 Å². The van der Waals surface area contributed by atoms with E-state index in [1.165, 1.54) is 37.8 Å². The van der Waals surface area contributed by atoms with Gasteiger partial charge in [0.15, 0.2) is 5.90 Å². The number of rotatable bonds is 4. The molecule has 0 aromatic heterocycles. The molecule has 1 aliphatic carbocycles. The molecular weight excluding hydrogens is 314 g/mol. The first kappa shape index (κ1) is 18.7. The van der Waals surface area contributed by atoms with Crippen LogP contribution in [0.3, 0.4) is 0 Å². The lowest BCUT2D eigenvalue weighted by Crippen LogP contribution is -2.57. The highest BCUT2D eigenvalue weighted by molar-refractivity contribution is 5.80. The van der Waals surface area contributed by atoms with Crippen molar-refractivity contribution < 1.29 is 9.84 Å². The van der Waals surface area contributed by atoms with E-state index in [-0.39, 0.29) is 6.23 Å². The number of aliphatic hydroxyl groups is 1. The lowest BCUT2D eigenvalue weighted by atomic mass is 9.87. The summed E-state index contributed by atoms with van der Waals surface area (Å²) in [6.07, 6.45) is 8.99. The maximum absolute atomic E-state index is 10.9. The van der Waals surface area contributed by atoms with Gasteiger partial charge < -0.3 is 14.7 Å². The number of aliphatic imine (C=N–C) groups is 1. The van der Waals surface area contributed by atoms with Crippen LogP contribution < -0.4 is 0 Å². The second-order valence-electron chi connectivity index (χ2n) is 7.97. The second kappa shape index (κ2) is 8.54. The van der Waals surface area contributed by atoms with E-state index in [0.717, 1.165) is 32.0 Å². The Hall–Kier alpha value is -1.07. The summed E-state index contributed by atoms with van der Waals surface area (Å²) in [6, 6.07) is 0.374. The molecular formula is C20H35N3O2. The smallest absolute Gasteiger partial charge is 0.191 e. The monoisotopic (exact) mass is 349 g/mol. The summed E-state index contributed by atoms with van der Waals surface area (Å²) in [5, 5.41) is 10.9. The fourth-order valence-corrected chi connectivity index (χ4v) is 4.59. The van der Waals surface area contributed by atoms with Crippen molar-refractivity contribution in [1.29, 1.82) is 0 Å². The number of aliphatic hydroxyl groups excluding tert-OH is 1. The molecule has 142 valence electrons. The van der Waals surface area contributed by atoms with Gasteiger partial charge in [-0.15, -0.1) is 0 Å². The first-order chi connectivity index (χ1) is 12.1. The third-order valence-electron chi connectivity index (χ3n) is 6.07. The molecule has 0 radical (unpaired) electrons. The van der Waals surface area contributed by atoms with Crippen LogP contribution in [0.5, 0.6) is 0 Å². The molecule has 1 saturated carbocycles. The molecule has 25 heavy (non-hydrogen) atoms. The number of hydrogen-bond acceptors (Lipinski definition) is 5. The fraction of sp³-hybridized carbons (Fsp3) is 0.850. The van der Waals surface area contributed by atoms with Crippen molar-refractivity contribution in [2.45, 2.75) is 71.6 Å². The third kappa shape index (κ3) is 4.37. The van der Waals surface area contributed by atoms with E-state index in [0.29, 0.717) is 24.5 Å². The van der Waals surface area contributed by atoms with Gasteiger partial charge in [-0.1, -0.05) is 26.2 Å². The number of ether oxygens (including phenoxy) is 1. The SMILES string of the molecule is CCOC1=NC=C(N2CCN(C(O)C3CCCCC3)[C@H](C)C2)CC1C. The zero-order valence-corrected chi connectivity index (χ0v) is 16.2. The lowest BCUT2D eigenvalue weighted by Gasteiger charge is -2.46. The Kier molecular flexibility index (Phi) is 6.39. The van der Waals surface area contributed by atoms with Crippen molar-refractivity contribution in [3.63, 3.8) is 0 Å². The number of piperazine rings is 1.